The first-order valence-electron chi connectivity index (χ1n) is 6.92. The van der Waals surface area contributed by atoms with Crippen LogP contribution in [0, 0.1) is 0 Å². The molecule has 0 aromatic carbocycles. The lowest BCUT2D eigenvalue weighted by Gasteiger charge is -2.49. The van der Waals surface area contributed by atoms with Gasteiger partial charge in [0.25, 0.3) is 0 Å². The molecular weight excluding hydrogens is 182 g/mol. The van der Waals surface area contributed by atoms with Crippen LogP contribution in [0.5, 0.6) is 0 Å². The summed E-state index contributed by atoms with van der Waals surface area (Å²) in [4.78, 5) is 2.84. The van der Waals surface area contributed by atoms with E-state index in [-0.39, 0.29) is 0 Å². The summed E-state index contributed by atoms with van der Waals surface area (Å²) < 4.78 is 0. The average Bonchev–Trinajstić information content (AvgIpc) is 2.13. The summed E-state index contributed by atoms with van der Waals surface area (Å²) in [7, 11) is 0. The normalized spacial score (nSPS) is 27.9. The molecule has 0 atom stereocenters. The van der Waals surface area contributed by atoms with E-state index in [0.717, 1.165) is 12.1 Å². The van der Waals surface area contributed by atoms with Crippen LogP contribution in [-0.4, -0.2) is 17.0 Å². The predicted molar refractivity (Wildman–Crippen MR) is 63.7 cm³/mol. The van der Waals surface area contributed by atoms with E-state index in [9.17, 15) is 0 Å². The van der Waals surface area contributed by atoms with Crippen LogP contribution >= 0.6 is 0 Å². The number of allylic oxidation sites excluding steroid dienone is 2. The summed E-state index contributed by atoms with van der Waals surface area (Å²) in [6, 6.07) is 1.86. The van der Waals surface area contributed by atoms with Crippen molar-refractivity contribution in [1.29, 1.82) is 0 Å². The summed E-state index contributed by atoms with van der Waals surface area (Å²) in [6.45, 7) is 0. The molecule has 2 saturated carbocycles. The van der Waals surface area contributed by atoms with Crippen molar-refractivity contribution in [2.45, 2.75) is 76.3 Å². The van der Waals surface area contributed by atoms with Crippen molar-refractivity contribution in [1.82, 2.24) is 4.90 Å². The molecule has 0 bridgehead atoms. The Morgan fingerprint density at radius 2 is 1.53 bits per heavy atom. The molecule has 3 rings (SSSR count). The number of hydrogen-bond acceptors (Lipinski definition) is 1. The van der Waals surface area contributed by atoms with Crippen LogP contribution in [0.1, 0.15) is 64.2 Å². The highest BCUT2D eigenvalue weighted by Gasteiger charge is 2.34. The van der Waals surface area contributed by atoms with Crippen molar-refractivity contribution in [2.75, 3.05) is 0 Å². The third kappa shape index (κ3) is 1.81. The Bertz CT molecular complexity index is 234. The van der Waals surface area contributed by atoms with Crippen molar-refractivity contribution < 1.29 is 0 Å². The molecule has 1 nitrogen and oxygen atoms in total. The molecule has 3 aliphatic carbocycles. The summed E-state index contributed by atoms with van der Waals surface area (Å²) in [5.74, 6) is 0. The highest BCUT2D eigenvalue weighted by atomic mass is 15.2. The van der Waals surface area contributed by atoms with E-state index in [1.807, 2.05) is 0 Å². The fourth-order valence-electron chi connectivity index (χ4n) is 3.15. The Balaban J connectivity index is 1.72. The Morgan fingerprint density at radius 3 is 1.93 bits per heavy atom. The van der Waals surface area contributed by atoms with Crippen molar-refractivity contribution in [2.24, 2.45) is 0 Å². The molecule has 0 N–H and O–H groups in total. The van der Waals surface area contributed by atoms with Gasteiger partial charge in [-0.1, -0.05) is 6.08 Å². The first-order valence-corrected chi connectivity index (χ1v) is 6.92. The minimum Gasteiger partial charge on any atom is -0.369 e. The first kappa shape index (κ1) is 9.74. The maximum Gasteiger partial charge on any atom is 0.0289 e. The quantitative estimate of drug-likeness (QED) is 0.676. The van der Waals surface area contributed by atoms with Crippen molar-refractivity contribution in [3.63, 3.8) is 0 Å². The van der Waals surface area contributed by atoms with Gasteiger partial charge in [0.2, 0.25) is 0 Å². The molecule has 0 saturated heterocycles. The van der Waals surface area contributed by atoms with Crippen LogP contribution in [0.2, 0.25) is 0 Å². The second kappa shape index (κ2) is 4.19. The van der Waals surface area contributed by atoms with Crippen molar-refractivity contribution >= 4 is 0 Å². The van der Waals surface area contributed by atoms with E-state index in [4.69, 9.17) is 0 Å². The molecule has 15 heavy (non-hydrogen) atoms. The van der Waals surface area contributed by atoms with E-state index in [2.05, 4.69) is 11.0 Å². The summed E-state index contributed by atoms with van der Waals surface area (Å²) in [5.41, 5.74) is 1.72. The zero-order valence-electron chi connectivity index (χ0n) is 9.75. The smallest absolute Gasteiger partial charge is 0.0289 e. The van der Waals surface area contributed by atoms with Crippen molar-refractivity contribution in [3.8, 4) is 0 Å². The molecule has 0 spiro atoms. The molecule has 0 aliphatic heterocycles. The zero-order valence-corrected chi connectivity index (χ0v) is 9.75. The lowest BCUT2D eigenvalue weighted by molar-refractivity contribution is 0.0692. The van der Waals surface area contributed by atoms with Gasteiger partial charge in [-0.25, -0.2) is 0 Å². The molecule has 0 aromatic heterocycles. The van der Waals surface area contributed by atoms with Crippen LogP contribution in [0.3, 0.4) is 0 Å². The molecule has 0 unspecified atom stereocenters. The van der Waals surface area contributed by atoms with Gasteiger partial charge in [0.15, 0.2) is 0 Å². The Hall–Kier alpha value is -0.460. The number of hydrogen-bond donors (Lipinski definition) is 0. The highest BCUT2D eigenvalue weighted by Crippen LogP contribution is 2.38. The summed E-state index contributed by atoms with van der Waals surface area (Å²) in [5, 5.41) is 0. The third-order valence-corrected chi connectivity index (χ3v) is 4.53. The van der Waals surface area contributed by atoms with Gasteiger partial charge >= 0.3 is 0 Å². The van der Waals surface area contributed by atoms with E-state index < -0.39 is 0 Å². The molecule has 0 heterocycles. The van der Waals surface area contributed by atoms with Crippen LogP contribution in [0.25, 0.3) is 0 Å². The molecule has 84 valence electrons. The fourth-order valence-corrected chi connectivity index (χ4v) is 3.15. The van der Waals surface area contributed by atoms with E-state index >= 15 is 0 Å². The minimum atomic E-state index is 0.930. The Morgan fingerprint density at radius 1 is 0.867 bits per heavy atom. The van der Waals surface area contributed by atoms with Gasteiger partial charge in [0, 0.05) is 17.8 Å². The molecular formula is C14H23N. The van der Waals surface area contributed by atoms with Gasteiger partial charge in [0.1, 0.15) is 0 Å². The second-order valence-electron chi connectivity index (χ2n) is 5.52. The lowest BCUT2D eigenvalue weighted by Crippen LogP contribution is -2.49. The molecule has 0 amide bonds. The second-order valence-corrected chi connectivity index (χ2v) is 5.52. The third-order valence-electron chi connectivity index (χ3n) is 4.53. The largest absolute Gasteiger partial charge is 0.369 e. The summed E-state index contributed by atoms with van der Waals surface area (Å²) >= 11 is 0. The zero-order chi connectivity index (χ0) is 10.1. The lowest BCUT2D eigenvalue weighted by atomic mass is 9.83. The topological polar surface area (TPSA) is 3.24 Å². The van der Waals surface area contributed by atoms with E-state index in [0.29, 0.717) is 0 Å². The molecule has 3 aliphatic rings. The van der Waals surface area contributed by atoms with Gasteiger partial charge in [-0.05, 0) is 64.2 Å². The Kier molecular flexibility index (Phi) is 2.72. The Labute approximate surface area is 93.5 Å². The molecule has 1 heteroatoms. The maximum absolute atomic E-state index is 2.84. The molecule has 2 fully saturated rings. The average molecular weight is 205 g/mol. The summed E-state index contributed by atoms with van der Waals surface area (Å²) in [6.07, 6.45) is 16.9. The molecule has 0 aromatic rings. The standard InChI is InChI=1S/C14H23N/c1-2-6-12(7-3-1)15(13-8-4-9-13)14-10-5-11-14/h6,13-14H,1-5,7-11H2. The first-order chi connectivity index (χ1) is 7.45. The van der Waals surface area contributed by atoms with Gasteiger partial charge in [-0.3, -0.25) is 0 Å². The van der Waals surface area contributed by atoms with E-state index in [1.165, 1.54) is 64.2 Å². The number of rotatable bonds is 3. The monoisotopic (exact) mass is 205 g/mol. The van der Waals surface area contributed by atoms with Gasteiger partial charge in [-0.15, -0.1) is 0 Å². The SMILES string of the molecule is C1=C(N(C2CCC2)C2CCC2)CCCC1. The van der Waals surface area contributed by atoms with Crippen LogP contribution in [0.15, 0.2) is 11.8 Å². The van der Waals surface area contributed by atoms with Crippen LogP contribution in [-0.2, 0) is 0 Å². The molecule has 0 radical (unpaired) electrons. The minimum absolute atomic E-state index is 0.930. The maximum atomic E-state index is 2.84. The van der Waals surface area contributed by atoms with E-state index in [1.54, 1.807) is 5.70 Å². The van der Waals surface area contributed by atoms with Crippen molar-refractivity contribution in [3.05, 3.63) is 11.8 Å². The van der Waals surface area contributed by atoms with Crippen LogP contribution < -0.4 is 0 Å². The fraction of sp³-hybridized carbons (Fsp3) is 0.857. The highest BCUT2D eigenvalue weighted by molar-refractivity contribution is 5.10. The van der Waals surface area contributed by atoms with Crippen LogP contribution in [0.4, 0.5) is 0 Å². The van der Waals surface area contributed by atoms with Gasteiger partial charge < -0.3 is 4.90 Å². The predicted octanol–water partition coefficient (Wildman–Crippen LogP) is 3.85. The number of nitrogens with zero attached hydrogens (tertiary/aromatic N) is 1. The van der Waals surface area contributed by atoms with Gasteiger partial charge in [0.05, 0.1) is 0 Å². The van der Waals surface area contributed by atoms with Gasteiger partial charge in [-0.2, -0.15) is 0 Å².